The average molecular weight is 270 g/mol. The number of aromatic nitrogens is 2. The van der Waals surface area contributed by atoms with Crippen LogP contribution in [0.1, 0.15) is 25.0 Å². The second-order valence-corrected chi connectivity index (χ2v) is 5.25. The van der Waals surface area contributed by atoms with E-state index in [2.05, 4.69) is 20.9 Å². The van der Waals surface area contributed by atoms with Crippen LogP contribution in [0.5, 0.6) is 5.88 Å². The van der Waals surface area contributed by atoms with Crippen LogP contribution in [0, 0.1) is 0 Å². The molecule has 3 rings (SSSR count). The number of rotatable bonds is 3. The van der Waals surface area contributed by atoms with E-state index >= 15 is 0 Å². The number of fused-ring (bicyclic) bond motifs is 1. The van der Waals surface area contributed by atoms with Gasteiger partial charge in [-0.15, -0.1) is 0 Å². The molecule has 0 unspecified atom stereocenters. The minimum atomic E-state index is 0.105. The third-order valence-electron chi connectivity index (χ3n) is 3.21. The Morgan fingerprint density at radius 3 is 2.80 bits per heavy atom. The summed E-state index contributed by atoms with van der Waals surface area (Å²) < 4.78 is 5.61. The Hall–Kier alpha value is -2.30. The molecule has 5 nitrogen and oxygen atoms in total. The first kappa shape index (κ1) is 12.7. The molecule has 0 radical (unpaired) electrons. The Morgan fingerprint density at radius 1 is 1.20 bits per heavy atom. The summed E-state index contributed by atoms with van der Waals surface area (Å²) >= 11 is 0. The number of ether oxygens (including phenoxy) is 1. The van der Waals surface area contributed by atoms with Crippen molar-refractivity contribution in [1.29, 1.82) is 0 Å². The van der Waals surface area contributed by atoms with Crippen LogP contribution in [0.3, 0.4) is 0 Å². The van der Waals surface area contributed by atoms with Crippen molar-refractivity contribution in [1.82, 2.24) is 9.97 Å². The van der Waals surface area contributed by atoms with Crippen molar-refractivity contribution in [3.05, 3.63) is 41.6 Å². The fraction of sp³-hybridized carbons (Fsp3) is 0.333. The molecule has 0 fully saturated rings. The lowest BCUT2D eigenvalue weighted by Gasteiger charge is -2.16. The molecule has 0 amide bonds. The molecule has 1 aliphatic rings. The van der Waals surface area contributed by atoms with Crippen molar-refractivity contribution in [3.8, 4) is 5.88 Å². The van der Waals surface area contributed by atoms with Gasteiger partial charge in [-0.25, -0.2) is 4.98 Å². The molecule has 1 aromatic heterocycles. The zero-order valence-electron chi connectivity index (χ0n) is 11.7. The molecule has 2 N–H and O–H groups in total. The third kappa shape index (κ3) is 2.52. The van der Waals surface area contributed by atoms with Gasteiger partial charge in [0.2, 0.25) is 11.8 Å². The SMILES string of the molecule is CC(C)Oc1ccnc(N2Cc3ccc(N)cc3C2)n1. The van der Waals surface area contributed by atoms with Gasteiger partial charge in [0.1, 0.15) is 0 Å². The summed E-state index contributed by atoms with van der Waals surface area (Å²) in [5.74, 6) is 1.30. The number of benzene rings is 1. The van der Waals surface area contributed by atoms with E-state index in [1.54, 1.807) is 12.3 Å². The summed E-state index contributed by atoms with van der Waals surface area (Å²) in [6, 6.07) is 7.80. The molecule has 0 atom stereocenters. The van der Waals surface area contributed by atoms with Gasteiger partial charge >= 0.3 is 0 Å². The summed E-state index contributed by atoms with van der Waals surface area (Å²) in [6.07, 6.45) is 1.84. The van der Waals surface area contributed by atoms with Crippen molar-refractivity contribution < 1.29 is 4.74 Å². The molecule has 1 aromatic carbocycles. The Balaban J connectivity index is 1.82. The zero-order chi connectivity index (χ0) is 14.1. The molecule has 0 spiro atoms. The monoisotopic (exact) mass is 270 g/mol. The number of hydrogen-bond donors (Lipinski definition) is 1. The Kier molecular flexibility index (Phi) is 3.18. The third-order valence-corrected chi connectivity index (χ3v) is 3.21. The normalized spacial score (nSPS) is 13.7. The van der Waals surface area contributed by atoms with E-state index in [-0.39, 0.29) is 6.10 Å². The maximum atomic E-state index is 5.82. The van der Waals surface area contributed by atoms with Gasteiger partial charge in [-0.1, -0.05) is 6.07 Å². The van der Waals surface area contributed by atoms with Crippen LogP contribution in [0.15, 0.2) is 30.5 Å². The second-order valence-electron chi connectivity index (χ2n) is 5.25. The number of nitrogen functional groups attached to an aromatic ring is 1. The molecular weight excluding hydrogens is 252 g/mol. The van der Waals surface area contributed by atoms with Crippen molar-refractivity contribution in [2.75, 3.05) is 10.6 Å². The van der Waals surface area contributed by atoms with E-state index in [1.807, 2.05) is 26.0 Å². The average Bonchev–Trinajstić information content (AvgIpc) is 2.81. The molecule has 2 aromatic rings. The van der Waals surface area contributed by atoms with E-state index in [1.165, 1.54) is 11.1 Å². The maximum absolute atomic E-state index is 5.82. The maximum Gasteiger partial charge on any atom is 0.229 e. The van der Waals surface area contributed by atoms with Gasteiger partial charge in [0.05, 0.1) is 6.10 Å². The molecule has 2 heterocycles. The zero-order valence-corrected chi connectivity index (χ0v) is 11.7. The van der Waals surface area contributed by atoms with E-state index in [0.717, 1.165) is 18.8 Å². The van der Waals surface area contributed by atoms with Crippen LogP contribution in [-0.2, 0) is 13.1 Å². The lowest BCUT2D eigenvalue weighted by molar-refractivity contribution is 0.232. The van der Waals surface area contributed by atoms with E-state index in [0.29, 0.717) is 11.8 Å². The van der Waals surface area contributed by atoms with E-state index < -0.39 is 0 Å². The highest BCUT2D eigenvalue weighted by molar-refractivity contribution is 5.51. The highest BCUT2D eigenvalue weighted by Gasteiger charge is 2.21. The predicted molar refractivity (Wildman–Crippen MR) is 78.5 cm³/mol. The van der Waals surface area contributed by atoms with Crippen LogP contribution in [0.25, 0.3) is 0 Å². The van der Waals surface area contributed by atoms with Crippen LogP contribution < -0.4 is 15.4 Å². The first-order valence-electron chi connectivity index (χ1n) is 6.74. The van der Waals surface area contributed by atoms with Crippen LogP contribution in [0.4, 0.5) is 11.6 Å². The second kappa shape index (κ2) is 5.00. The summed E-state index contributed by atoms with van der Waals surface area (Å²) in [5.41, 5.74) is 9.13. The fourth-order valence-corrected chi connectivity index (χ4v) is 2.35. The Labute approximate surface area is 118 Å². The number of anilines is 2. The standard InChI is InChI=1S/C15H18N4O/c1-10(2)20-14-5-6-17-15(18-14)19-8-11-3-4-13(16)7-12(11)9-19/h3-7,10H,8-9,16H2,1-2H3. The quantitative estimate of drug-likeness (QED) is 0.867. The summed E-state index contributed by atoms with van der Waals surface area (Å²) in [7, 11) is 0. The van der Waals surface area contributed by atoms with Crippen molar-refractivity contribution in [3.63, 3.8) is 0 Å². The minimum absolute atomic E-state index is 0.105. The molecule has 0 aliphatic carbocycles. The summed E-state index contributed by atoms with van der Waals surface area (Å²) in [5, 5.41) is 0. The molecule has 0 saturated carbocycles. The lowest BCUT2D eigenvalue weighted by atomic mass is 10.1. The molecule has 20 heavy (non-hydrogen) atoms. The van der Waals surface area contributed by atoms with E-state index in [4.69, 9.17) is 10.5 Å². The van der Waals surface area contributed by atoms with Gasteiger partial charge in [0.15, 0.2) is 0 Å². The fourth-order valence-electron chi connectivity index (χ4n) is 2.35. The summed E-state index contributed by atoms with van der Waals surface area (Å²) in [6.45, 7) is 5.55. The van der Waals surface area contributed by atoms with Gasteiger partial charge in [0.25, 0.3) is 0 Å². The number of nitrogens with zero attached hydrogens (tertiary/aromatic N) is 3. The van der Waals surface area contributed by atoms with Gasteiger partial charge in [-0.2, -0.15) is 4.98 Å². The molecule has 5 heteroatoms. The van der Waals surface area contributed by atoms with E-state index in [9.17, 15) is 0 Å². The van der Waals surface area contributed by atoms with Crippen molar-refractivity contribution in [2.45, 2.75) is 33.0 Å². The lowest BCUT2D eigenvalue weighted by Crippen LogP contribution is -2.18. The molecule has 0 saturated heterocycles. The van der Waals surface area contributed by atoms with Gasteiger partial charge < -0.3 is 15.4 Å². The molecular formula is C15H18N4O. The van der Waals surface area contributed by atoms with Gasteiger partial charge in [0, 0.05) is 31.0 Å². The highest BCUT2D eigenvalue weighted by Crippen LogP contribution is 2.28. The van der Waals surface area contributed by atoms with Crippen LogP contribution in [-0.4, -0.2) is 16.1 Å². The highest BCUT2D eigenvalue weighted by atomic mass is 16.5. The number of hydrogen-bond acceptors (Lipinski definition) is 5. The van der Waals surface area contributed by atoms with Crippen LogP contribution in [0.2, 0.25) is 0 Å². The van der Waals surface area contributed by atoms with Crippen molar-refractivity contribution in [2.24, 2.45) is 0 Å². The molecule has 1 aliphatic heterocycles. The summed E-state index contributed by atoms with van der Waals surface area (Å²) in [4.78, 5) is 10.9. The first-order valence-corrected chi connectivity index (χ1v) is 6.74. The smallest absolute Gasteiger partial charge is 0.229 e. The first-order chi connectivity index (χ1) is 9.61. The Bertz CT molecular complexity index is 627. The molecule has 104 valence electrons. The van der Waals surface area contributed by atoms with Gasteiger partial charge in [-0.05, 0) is 37.1 Å². The van der Waals surface area contributed by atoms with Crippen molar-refractivity contribution >= 4 is 11.6 Å². The van der Waals surface area contributed by atoms with Crippen LogP contribution >= 0.6 is 0 Å². The molecule has 0 bridgehead atoms. The minimum Gasteiger partial charge on any atom is -0.475 e. The largest absolute Gasteiger partial charge is 0.475 e. The predicted octanol–water partition coefficient (Wildman–Crippen LogP) is 2.37. The number of nitrogens with two attached hydrogens (primary N) is 1. The topological polar surface area (TPSA) is 64.3 Å². The van der Waals surface area contributed by atoms with Gasteiger partial charge in [-0.3, -0.25) is 0 Å². The Morgan fingerprint density at radius 2 is 2.00 bits per heavy atom.